The van der Waals surface area contributed by atoms with E-state index in [1.165, 1.54) is 0 Å². The van der Waals surface area contributed by atoms with Crippen LogP contribution in [0, 0.1) is 17.2 Å². The van der Waals surface area contributed by atoms with E-state index < -0.39 is 0 Å². The summed E-state index contributed by atoms with van der Waals surface area (Å²) < 4.78 is 14.7. The first kappa shape index (κ1) is 14.2. The highest BCUT2D eigenvalue weighted by Gasteiger charge is 2.51. The zero-order chi connectivity index (χ0) is 15.2. The molecule has 1 saturated heterocycles. The van der Waals surface area contributed by atoms with E-state index in [4.69, 9.17) is 0 Å². The second kappa shape index (κ2) is 5.32. The normalized spacial score (nSPS) is 30.0. The van der Waals surface area contributed by atoms with E-state index >= 15 is 0 Å². The third kappa shape index (κ3) is 2.07. The Bertz CT molecular complexity index is 606. The first-order chi connectivity index (χ1) is 10.7. The molecule has 0 aromatic heterocycles. The standard InChI is InChI=1S/C17H22FN3O/c18-15-13-5-7-19-8-11(13)3-4-14(15)21-16(22)17-6-1-2-12(17)9-20-10-17/h3-4,12,19-20H,1-2,5-10H2,(H,21,22)/t12-,17-/m1/s1. The lowest BCUT2D eigenvalue weighted by Gasteiger charge is -2.27. The summed E-state index contributed by atoms with van der Waals surface area (Å²) >= 11 is 0. The summed E-state index contributed by atoms with van der Waals surface area (Å²) in [4.78, 5) is 12.8. The molecule has 5 heteroatoms. The topological polar surface area (TPSA) is 53.2 Å². The molecule has 2 atom stereocenters. The molecule has 0 bridgehead atoms. The lowest BCUT2D eigenvalue weighted by Crippen LogP contribution is -2.40. The van der Waals surface area contributed by atoms with Gasteiger partial charge in [-0.2, -0.15) is 0 Å². The van der Waals surface area contributed by atoms with Crippen molar-refractivity contribution in [3.05, 3.63) is 29.1 Å². The predicted octanol–water partition coefficient (Wildman–Crippen LogP) is 1.80. The molecule has 3 N–H and O–H groups in total. The van der Waals surface area contributed by atoms with Gasteiger partial charge in [0.15, 0.2) is 0 Å². The number of rotatable bonds is 2. The first-order valence-electron chi connectivity index (χ1n) is 8.24. The molecule has 1 aliphatic carbocycles. The molecule has 118 valence electrons. The van der Waals surface area contributed by atoms with E-state index in [0.717, 1.165) is 50.0 Å². The van der Waals surface area contributed by atoms with Crippen molar-refractivity contribution in [3.8, 4) is 0 Å². The third-order valence-corrected chi connectivity index (χ3v) is 5.70. The number of hydrogen-bond acceptors (Lipinski definition) is 3. The van der Waals surface area contributed by atoms with Crippen LogP contribution in [-0.4, -0.2) is 25.5 Å². The smallest absolute Gasteiger partial charge is 0.232 e. The highest BCUT2D eigenvalue weighted by atomic mass is 19.1. The Morgan fingerprint density at radius 2 is 2.27 bits per heavy atom. The van der Waals surface area contributed by atoms with Crippen molar-refractivity contribution in [2.75, 3.05) is 25.0 Å². The molecule has 0 spiro atoms. The van der Waals surface area contributed by atoms with Gasteiger partial charge in [-0.1, -0.05) is 12.5 Å². The molecule has 2 heterocycles. The van der Waals surface area contributed by atoms with Crippen molar-refractivity contribution in [3.63, 3.8) is 0 Å². The van der Waals surface area contributed by atoms with E-state index in [0.29, 0.717) is 24.6 Å². The van der Waals surface area contributed by atoms with Gasteiger partial charge in [0.05, 0.1) is 11.1 Å². The van der Waals surface area contributed by atoms with Crippen molar-refractivity contribution in [1.82, 2.24) is 10.6 Å². The quantitative estimate of drug-likeness (QED) is 0.781. The maximum atomic E-state index is 14.7. The van der Waals surface area contributed by atoms with E-state index in [1.807, 2.05) is 6.07 Å². The van der Waals surface area contributed by atoms with Gasteiger partial charge >= 0.3 is 0 Å². The van der Waals surface area contributed by atoms with Crippen molar-refractivity contribution < 1.29 is 9.18 Å². The molecular formula is C17H22FN3O. The van der Waals surface area contributed by atoms with Gasteiger partial charge in [0, 0.05) is 13.1 Å². The van der Waals surface area contributed by atoms with Crippen LogP contribution in [0.1, 0.15) is 30.4 Å². The number of carbonyl (C=O) groups excluding carboxylic acids is 1. The molecule has 4 nitrogen and oxygen atoms in total. The Kier molecular flexibility index (Phi) is 3.42. The number of hydrogen-bond donors (Lipinski definition) is 3. The van der Waals surface area contributed by atoms with E-state index in [2.05, 4.69) is 16.0 Å². The summed E-state index contributed by atoms with van der Waals surface area (Å²) in [6.45, 7) is 3.12. The van der Waals surface area contributed by atoms with Gasteiger partial charge < -0.3 is 16.0 Å². The van der Waals surface area contributed by atoms with Crippen LogP contribution in [0.2, 0.25) is 0 Å². The molecule has 1 aromatic rings. The number of halogens is 1. The minimum Gasteiger partial charge on any atom is -0.323 e. The molecule has 2 fully saturated rings. The number of benzene rings is 1. The van der Waals surface area contributed by atoms with Crippen molar-refractivity contribution >= 4 is 11.6 Å². The number of carbonyl (C=O) groups is 1. The van der Waals surface area contributed by atoms with Crippen molar-refractivity contribution in [2.24, 2.45) is 11.3 Å². The van der Waals surface area contributed by atoms with Gasteiger partial charge in [0.2, 0.25) is 5.91 Å². The average molecular weight is 303 g/mol. The fraction of sp³-hybridized carbons (Fsp3) is 0.588. The molecule has 1 amide bonds. The van der Waals surface area contributed by atoms with E-state index in [-0.39, 0.29) is 17.1 Å². The van der Waals surface area contributed by atoms with E-state index in [1.54, 1.807) is 6.07 Å². The summed E-state index contributed by atoms with van der Waals surface area (Å²) in [5.41, 5.74) is 1.77. The summed E-state index contributed by atoms with van der Waals surface area (Å²) in [7, 11) is 0. The van der Waals surface area contributed by atoms with E-state index in [9.17, 15) is 9.18 Å². The molecule has 3 aliphatic rings. The number of nitrogens with one attached hydrogen (secondary N) is 3. The second-order valence-corrected chi connectivity index (χ2v) is 6.82. The molecule has 4 rings (SSSR count). The van der Waals surface area contributed by atoms with Gasteiger partial charge in [-0.3, -0.25) is 4.79 Å². The summed E-state index contributed by atoms with van der Waals surface area (Å²) in [5.74, 6) is 0.148. The number of amides is 1. The molecular weight excluding hydrogens is 281 g/mol. The van der Waals surface area contributed by atoms with Crippen LogP contribution in [0.15, 0.2) is 12.1 Å². The monoisotopic (exact) mass is 303 g/mol. The summed E-state index contributed by atoms with van der Waals surface area (Å²) in [5, 5.41) is 9.46. The Balaban J connectivity index is 1.60. The maximum absolute atomic E-state index is 14.7. The van der Waals surface area contributed by atoms with Crippen molar-refractivity contribution in [2.45, 2.75) is 32.2 Å². The molecule has 2 aliphatic heterocycles. The Morgan fingerprint density at radius 3 is 3.18 bits per heavy atom. The van der Waals surface area contributed by atoms with Gasteiger partial charge in [0.25, 0.3) is 0 Å². The highest BCUT2D eigenvalue weighted by Crippen LogP contribution is 2.46. The molecule has 22 heavy (non-hydrogen) atoms. The van der Waals surface area contributed by atoms with Crippen LogP contribution >= 0.6 is 0 Å². The van der Waals surface area contributed by atoms with Crippen LogP contribution in [0.5, 0.6) is 0 Å². The lowest BCUT2D eigenvalue weighted by atomic mass is 9.79. The second-order valence-electron chi connectivity index (χ2n) is 6.82. The number of anilines is 1. The zero-order valence-electron chi connectivity index (χ0n) is 12.7. The lowest BCUT2D eigenvalue weighted by molar-refractivity contribution is -0.125. The summed E-state index contributed by atoms with van der Waals surface area (Å²) in [6.07, 6.45) is 3.78. The minimum absolute atomic E-state index is 0.00668. The molecule has 1 aromatic carbocycles. The SMILES string of the molecule is O=C(Nc1ccc2c(c1F)CCNC2)[C@@]12CCC[C@@H]1CNC2. The van der Waals surface area contributed by atoms with Crippen LogP contribution in [0.3, 0.4) is 0 Å². The minimum atomic E-state index is -0.329. The molecule has 0 unspecified atom stereocenters. The van der Waals surface area contributed by atoms with Crippen molar-refractivity contribution in [1.29, 1.82) is 0 Å². The fourth-order valence-corrected chi connectivity index (χ4v) is 4.40. The van der Waals surface area contributed by atoms with Gasteiger partial charge in [-0.05, 0) is 55.5 Å². The Labute approximate surface area is 129 Å². The highest BCUT2D eigenvalue weighted by molar-refractivity contribution is 5.96. The summed E-state index contributed by atoms with van der Waals surface area (Å²) in [6, 6.07) is 3.64. The van der Waals surface area contributed by atoms with Crippen LogP contribution < -0.4 is 16.0 Å². The number of fused-ring (bicyclic) bond motifs is 2. The maximum Gasteiger partial charge on any atom is 0.232 e. The Morgan fingerprint density at radius 1 is 1.36 bits per heavy atom. The third-order valence-electron chi connectivity index (χ3n) is 5.70. The van der Waals surface area contributed by atoms with Crippen LogP contribution in [-0.2, 0) is 17.8 Å². The zero-order valence-corrected chi connectivity index (χ0v) is 12.7. The largest absolute Gasteiger partial charge is 0.323 e. The molecule has 1 saturated carbocycles. The van der Waals surface area contributed by atoms with Gasteiger partial charge in [-0.15, -0.1) is 0 Å². The molecule has 0 radical (unpaired) electrons. The van der Waals surface area contributed by atoms with Crippen LogP contribution in [0.4, 0.5) is 10.1 Å². The fourth-order valence-electron chi connectivity index (χ4n) is 4.40. The van der Waals surface area contributed by atoms with Gasteiger partial charge in [-0.25, -0.2) is 4.39 Å². The Hall–Kier alpha value is -1.46. The van der Waals surface area contributed by atoms with Gasteiger partial charge in [0.1, 0.15) is 5.82 Å². The first-order valence-corrected chi connectivity index (χ1v) is 8.24. The average Bonchev–Trinajstić information content (AvgIpc) is 3.11. The van der Waals surface area contributed by atoms with Crippen LogP contribution in [0.25, 0.3) is 0 Å². The predicted molar refractivity (Wildman–Crippen MR) is 83.1 cm³/mol.